The minimum atomic E-state index is -0.483. The summed E-state index contributed by atoms with van der Waals surface area (Å²) in [5.74, 6) is 5.31. The number of nitrogen functional groups attached to an aromatic ring is 1. The van der Waals surface area contributed by atoms with Crippen molar-refractivity contribution in [3.05, 3.63) is 55.5 Å². The highest BCUT2D eigenvalue weighted by molar-refractivity contribution is 9.11. The number of para-hydroxylation sites is 1. The Morgan fingerprint density at radius 1 is 1.10 bits per heavy atom. The number of nitro benzene ring substituents is 1. The van der Waals surface area contributed by atoms with Gasteiger partial charge in [-0.25, -0.2) is 0 Å². The van der Waals surface area contributed by atoms with Crippen molar-refractivity contribution in [1.29, 1.82) is 0 Å². The molecule has 0 fully saturated rings. The standard InChI is InChI=1S/C12H10Br2N4O2/c13-7-4-5-8(14)11(6-7)16-9-2-1-3-10(17-15)12(9)18(19)20/h1-6,16-17H,15H2. The molecule has 0 aliphatic rings. The molecule has 6 nitrogen and oxygen atoms in total. The fourth-order valence-corrected chi connectivity index (χ4v) is 2.40. The van der Waals surface area contributed by atoms with Crippen LogP contribution in [0.1, 0.15) is 0 Å². The highest BCUT2D eigenvalue weighted by atomic mass is 79.9. The van der Waals surface area contributed by atoms with Crippen molar-refractivity contribution < 1.29 is 4.92 Å². The molecule has 0 saturated carbocycles. The van der Waals surface area contributed by atoms with Crippen LogP contribution in [0.25, 0.3) is 0 Å². The summed E-state index contributed by atoms with van der Waals surface area (Å²) in [6, 6.07) is 10.4. The molecule has 0 aliphatic heterocycles. The van der Waals surface area contributed by atoms with Gasteiger partial charge < -0.3 is 10.7 Å². The molecule has 0 saturated heterocycles. The van der Waals surface area contributed by atoms with E-state index in [0.29, 0.717) is 11.4 Å². The summed E-state index contributed by atoms with van der Waals surface area (Å²) < 4.78 is 1.65. The van der Waals surface area contributed by atoms with E-state index in [1.807, 2.05) is 18.2 Å². The summed E-state index contributed by atoms with van der Waals surface area (Å²) >= 11 is 6.75. The lowest BCUT2D eigenvalue weighted by Gasteiger charge is -2.11. The van der Waals surface area contributed by atoms with Crippen molar-refractivity contribution in [1.82, 2.24) is 0 Å². The SMILES string of the molecule is NNc1cccc(Nc2cc(Br)ccc2Br)c1[N+](=O)[O-]. The summed E-state index contributed by atoms with van der Waals surface area (Å²) in [5, 5.41) is 14.2. The highest BCUT2D eigenvalue weighted by Crippen LogP contribution is 2.36. The number of halogens is 2. The molecule has 2 aromatic rings. The Labute approximate surface area is 131 Å². The van der Waals surface area contributed by atoms with Crippen LogP contribution < -0.4 is 16.6 Å². The molecule has 8 heteroatoms. The molecule has 0 aromatic heterocycles. The summed E-state index contributed by atoms with van der Waals surface area (Å²) in [6.45, 7) is 0. The smallest absolute Gasteiger partial charge is 0.316 e. The van der Waals surface area contributed by atoms with Crippen molar-refractivity contribution in [2.45, 2.75) is 0 Å². The van der Waals surface area contributed by atoms with E-state index in [2.05, 4.69) is 42.6 Å². The number of nitrogens with two attached hydrogens (primary N) is 1. The van der Waals surface area contributed by atoms with Crippen molar-refractivity contribution in [2.24, 2.45) is 5.84 Å². The minimum Gasteiger partial charge on any atom is -0.349 e. The maximum atomic E-state index is 11.2. The first kappa shape index (κ1) is 14.8. The topological polar surface area (TPSA) is 93.2 Å². The first-order chi connectivity index (χ1) is 9.52. The van der Waals surface area contributed by atoms with Crippen LogP contribution in [0.5, 0.6) is 0 Å². The van der Waals surface area contributed by atoms with Crippen LogP contribution in [-0.2, 0) is 0 Å². The Bertz CT molecular complexity index is 664. The fourth-order valence-electron chi connectivity index (χ4n) is 1.70. The fraction of sp³-hybridized carbons (Fsp3) is 0. The monoisotopic (exact) mass is 400 g/mol. The molecule has 20 heavy (non-hydrogen) atoms. The quantitative estimate of drug-likeness (QED) is 0.406. The molecule has 104 valence electrons. The Kier molecular flexibility index (Phi) is 4.58. The van der Waals surface area contributed by atoms with Crippen LogP contribution in [0.15, 0.2) is 45.3 Å². The molecule has 0 heterocycles. The van der Waals surface area contributed by atoms with Crippen molar-refractivity contribution in [2.75, 3.05) is 10.7 Å². The zero-order valence-electron chi connectivity index (χ0n) is 10.1. The predicted octanol–water partition coefficient (Wildman–Crippen LogP) is 4.15. The van der Waals surface area contributed by atoms with E-state index >= 15 is 0 Å². The van der Waals surface area contributed by atoms with Gasteiger partial charge in [0.05, 0.1) is 10.6 Å². The van der Waals surface area contributed by atoms with Crippen LogP contribution >= 0.6 is 31.9 Å². The van der Waals surface area contributed by atoms with Gasteiger partial charge >= 0.3 is 5.69 Å². The average molecular weight is 402 g/mol. The molecular weight excluding hydrogens is 392 g/mol. The van der Waals surface area contributed by atoms with Gasteiger partial charge in [0.15, 0.2) is 0 Å². The number of anilines is 3. The number of nitro groups is 1. The minimum absolute atomic E-state index is 0.109. The van der Waals surface area contributed by atoms with Crippen LogP contribution in [0, 0.1) is 10.1 Å². The maximum Gasteiger partial charge on any atom is 0.316 e. The highest BCUT2D eigenvalue weighted by Gasteiger charge is 2.19. The second-order valence-electron chi connectivity index (χ2n) is 3.85. The molecule has 2 rings (SSSR count). The van der Waals surface area contributed by atoms with Crippen LogP contribution in [0.4, 0.5) is 22.7 Å². The van der Waals surface area contributed by atoms with Gasteiger partial charge in [0, 0.05) is 8.95 Å². The Morgan fingerprint density at radius 2 is 1.80 bits per heavy atom. The van der Waals surface area contributed by atoms with Gasteiger partial charge in [0.1, 0.15) is 11.4 Å². The van der Waals surface area contributed by atoms with E-state index in [1.54, 1.807) is 18.2 Å². The van der Waals surface area contributed by atoms with E-state index in [9.17, 15) is 10.1 Å². The molecule has 0 spiro atoms. The zero-order chi connectivity index (χ0) is 14.7. The van der Waals surface area contributed by atoms with Gasteiger partial charge in [-0.3, -0.25) is 16.0 Å². The first-order valence-electron chi connectivity index (χ1n) is 5.49. The third kappa shape index (κ3) is 3.09. The zero-order valence-corrected chi connectivity index (χ0v) is 13.2. The largest absolute Gasteiger partial charge is 0.349 e. The van der Waals surface area contributed by atoms with Gasteiger partial charge in [-0.1, -0.05) is 22.0 Å². The van der Waals surface area contributed by atoms with E-state index < -0.39 is 4.92 Å². The number of benzene rings is 2. The predicted molar refractivity (Wildman–Crippen MR) is 86.0 cm³/mol. The molecule has 0 atom stereocenters. The summed E-state index contributed by atoms with van der Waals surface area (Å²) in [4.78, 5) is 10.7. The number of rotatable bonds is 4. The lowest BCUT2D eigenvalue weighted by molar-refractivity contribution is -0.383. The van der Waals surface area contributed by atoms with Crippen LogP contribution in [-0.4, -0.2) is 4.92 Å². The first-order valence-corrected chi connectivity index (χ1v) is 7.07. The normalized spacial score (nSPS) is 10.2. The second-order valence-corrected chi connectivity index (χ2v) is 5.62. The maximum absolute atomic E-state index is 11.2. The number of hydrogen-bond donors (Lipinski definition) is 3. The van der Waals surface area contributed by atoms with Crippen molar-refractivity contribution in [3.63, 3.8) is 0 Å². The summed E-state index contributed by atoms with van der Waals surface area (Å²) in [6.07, 6.45) is 0. The van der Waals surface area contributed by atoms with Crippen LogP contribution in [0.2, 0.25) is 0 Å². The Morgan fingerprint density at radius 3 is 2.45 bits per heavy atom. The molecule has 0 amide bonds. The van der Waals surface area contributed by atoms with Crippen molar-refractivity contribution in [3.8, 4) is 0 Å². The lowest BCUT2D eigenvalue weighted by Crippen LogP contribution is -2.10. The second kappa shape index (κ2) is 6.21. The van der Waals surface area contributed by atoms with Gasteiger partial charge in [-0.15, -0.1) is 0 Å². The third-order valence-corrected chi connectivity index (χ3v) is 3.76. The van der Waals surface area contributed by atoms with Crippen molar-refractivity contribution >= 4 is 54.6 Å². The Hall–Kier alpha value is -1.64. The molecule has 2 aromatic carbocycles. The molecule has 0 aliphatic carbocycles. The Balaban J connectivity index is 2.48. The molecule has 0 bridgehead atoms. The van der Waals surface area contributed by atoms with Gasteiger partial charge in [0.25, 0.3) is 0 Å². The number of nitrogens with zero attached hydrogens (tertiary/aromatic N) is 1. The van der Waals surface area contributed by atoms with Gasteiger partial charge in [-0.05, 0) is 46.3 Å². The van der Waals surface area contributed by atoms with E-state index in [-0.39, 0.29) is 11.4 Å². The molecule has 0 radical (unpaired) electrons. The average Bonchev–Trinajstić information content (AvgIpc) is 2.42. The third-order valence-electron chi connectivity index (χ3n) is 2.57. The number of nitrogens with one attached hydrogen (secondary N) is 2. The van der Waals surface area contributed by atoms with Gasteiger partial charge in [-0.2, -0.15) is 0 Å². The number of hydrogen-bond acceptors (Lipinski definition) is 5. The summed E-state index contributed by atoms with van der Waals surface area (Å²) in [5.41, 5.74) is 3.52. The number of hydrazine groups is 1. The van der Waals surface area contributed by atoms with E-state index in [4.69, 9.17) is 5.84 Å². The van der Waals surface area contributed by atoms with Gasteiger partial charge in [0.2, 0.25) is 0 Å². The van der Waals surface area contributed by atoms with Crippen LogP contribution in [0.3, 0.4) is 0 Å². The summed E-state index contributed by atoms with van der Waals surface area (Å²) in [7, 11) is 0. The van der Waals surface area contributed by atoms with E-state index in [0.717, 1.165) is 8.95 Å². The molecule has 4 N–H and O–H groups in total. The van der Waals surface area contributed by atoms with E-state index in [1.165, 1.54) is 0 Å². The molecule has 0 unspecified atom stereocenters. The molecular formula is C12H10Br2N4O2. The lowest BCUT2D eigenvalue weighted by atomic mass is 10.2.